The molecule has 0 N–H and O–H groups in total. The van der Waals surface area contributed by atoms with E-state index in [-0.39, 0.29) is 0 Å². The Morgan fingerprint density at radius 2 is 1.70 bits per heavy atom. The monoisotopic (exact) mass is 404 g/mol. The molecule has 4 heteroatoms. The predicted octanol–water partition coefficient (Wildman–Crippen LogP) is 7.20. The molecule has 1 aliphatic rings. The number of furan rings is 1. The molecule has 0 radical (unpaired) electrons. The molecule has 0 fully saturated rings. The summed E-state index contributed by atoms with van der Waals surface area (Å²) < 4.78 is 8.58. The minimum absolute atomic E-state index is 0.889. The number of thioether (sulfide) groups is 1. The second-order valence-corrected chi connectivity index (χ2v) is 8.62. The first kappa shape index (κ1) is 16.3. The summed E-state index contributed by atoms with van der Waals surface area (Å²) in [6, 6.07) is 29.7. The highest BCUT2D eigenvalue weighted by Crippen LogP contribution is 2.40. The Morgan fingerprint density at radius 1 is 0.833 bits per heavy atom. The lowest BCUT2D eigenvalue weighted by Gasteiger charge is -2.18. The third kappa shape index (κ3) is 2.20. The van der Waals surface area contributed by atoms with Crippen LogP contribution in [-0.4, -0.2) is 9.55 Å². The van der Waals surface area contributed by atoms with E-state index < -0.39 is 0 Å². The summed E-state index contributed by atoms with van der Waals surface area (Å²) in [6.45, 7) is 0. The lowest BCUT2D eigenvalue weighted by Crippen LogP contribution is -2.06. The lowest BCUT2D eigenvalue weighted by atomic mass is 10.0. The molecule has 1 aliphatic heterocycles. The molecule has 0 saturated heterocycles. The van der Waals surface area contributed by atoms with Crippen molar-refractivity contribution in [3.63, 3.8) is 0 Å². The Labute approximate surface area is 177 Å². The summed E-state index contributed by atoms with van der Waals surface area (Å²) in [5.41, 5.74) is 7.50. The molecule has 0 unspecified atom stereocenters. The van der Waals surface area contributed by atoms with Gasteiger partial charge in [-0.3, -0.25) is 4.57 Å². The highest BCUT2D eigenvalue weighted by molar-refractivity contribution is 7.98. The van der Waals surface area contributed by atoms with Crippen molar-refractivity contribution in [1.29, 1.82) is 0 Å². The van der Waals surface area contributed by atoms with Gasteiger partial charge in [0.05, 0.1) is 22.5 Å². The molecule has 0 spiro atoms. The number of hydrogen-bond donors (Lipinski definition) is 0. The number of nitrogens with zero attached hydrogens (tertiary/aromatic N) is 2. The van der Waals surface area contributed by atoms with Crippen molar-refractivity contribution in [3.05, 3.63) is 90.8 Å². The van der Waals surface area contributed by atoms with E-state index in [4.69, 9.17) is 9.40 Å². The molecule has 3 nitrogen and oxygen atoms in total. The summed E-state index contributed by atoms with van der Waals surface area (Å²) in [5, 5.41) is 2.31. The van der Waals surface area contributed by atoms with E-state index in [1.165, 1.54) is 10.6 Å². The molecule has 3 heterocycles. The molecule has 0 saturated carbocycles. The largest absolute Gasteiger partial charge is 0.455 e. The van der Waals surface area contributed by atoms with Crippen molar-refractivity contribution in [3.8, 4) is 16.8 Å². The van der Waals surface area contributed by atoms with Crippen LogP contribution >= 0.6 is 11.8 Å². The lowest BCUT2D eigenvalue weighted by molar-refractivity contribution is 0.670. The fourth-order valence-electron chi connectivity index (χ4n) is 4.54. The second kappa shape index (κ2) is 6.00. The highest BCUT2D eigenvalue weighted by atomic mass is 32.2. The molecular formula is C26H16N2OS. The van der Waals surface area contributed by atoms with Crippen molar-refractivity contribution in [1.82, 2.24) is 9.55 Å². The zero-order chi connectivity index (χ0) is 19.7. The van der Waals surface area contributed by atoms with Crippen molar-refractivity contribution >= 4 is 44.7 Å². The van der Waals surface area contributed by atoms with Crippen molar-refractivity contribution in [2.45, 2.75) is 10.6 Å². The number of fused-ring (bicyclic) bond motifs is 8. The van der Waals surface area contributed by atoms with Gasteiger partial charge in [-0.1, -0.05) is 54.6 Å². The minimum atomic E-state index is 0.889. The molecule has 0 atom stereocenters. The SMILES string of the molecule is c1ccc2c(c1)SCc1nc3ccc(-c4cccc5c4oc4ccccc45)cc3n1-2. The smallest absolute Gasteiger partial charge is 0.143 e. The van der Waals surface area contributed by atoms with Crippen LogP contribution in [0.15, 0.2) is 94.2 Å². The van der Waals surface area contributed by atoms with Gasteiger partial charge in [0, 0.05) is 21.2 Å². The molecule has 7 rings (SSSR count). The van der Waals surface area contributed by atoms with E-state index in [9.17, 15) is 0 Å². The Balaban J connectivity index is 1.51. The van der Waals surface area contributed by atoms with Gasteiger partial charge in [-0.15, -0.1) is 11.8 Å². The first-order valence-corrected chi connectivity index (χ1v) is 11.0. The predicted molar refractivity (Wildman–Crippen MR) is 123 cm³/mol. The molecule has 4 aromatic carbocycles. The summed E-state index contributed by atoms with van der Waals surface area (Å²) >= 11 is 1.85. The number of para-hydroxylation sites is 3. The van der Waals surface area contributed by atoms with Crippen molar-refractivity contribution in [2.24, 2.45) is 0 Å². The van der Waals surface area contributed by atoms with Crippen LogP contribution in [0.4, 0.5) is 0 Å². The molecule has 142 valence electrons. The molecule has 6 aromatic rings. The van der Waals surface area contributed by atoms with Gasteiger partial charge in [0.15, 0.2) is 0 Å². The van der Waals surface area contributed by atoms with E-state index in [0.717, 1.165) is 55.7 Å². The van der Waals surface area contributed by atoms with Crippen LogP contribution in [0.1, 0.15) is 5.82 Å². The van der Waals surface area contributed by atoms with Gasteiger partial charge in [0.2, 0.25) is 0 Å². The zero-order valence-electron chi connectivity index (χ0n) is 16.0. The first-order chi connectivity index (χ1) is 14.9. The fraction of sp³-hybridized carbons (Fsp3) is 0.0385. The number of rotatable bonds is 1. The highest BCUT2D eigenvalue weighted by Gasteiger charge is 2.21. The molecule has 30 heavy (non-hydrogen) atoms. The summed E-state index contributed by atoms with van der Waals surface area (Å²) in [4.78, 5) is 6.20. The topological polar surface area (TPSA) is 31.0 Å². The van der Waals surface area contributed by atoms with Gasteiger partial charge < -0.3 is 4.42 Å². The maximum Gasteiger partial charge on any atom is 0.143 e. The molecule has 0 bridgehead atoms. The molecule has 2 aromatic heterocycles. The second-order valence-electron chi connectivity index (χ2n) is 7.60. The minimum Gasteiger partial charge on any atom is -0.455 e. The summed E-state index contributed by atoms with van der Waals surface area (Å²) in [6.07, 6.45) is 0. The Hall–Kier alpha value is -3.50. The third-order valence-corrected chi connectivity index (χ3v) is 6.96. The van der Waals surface area contributed by atoms with Gasteiger partial charge >= 0.3 is 0 Å². The third-order valence-electron chi connectivity index (χ3n) is 5.90. The molecule has 0 aliphatic carbocycles. The normalized spacial score (nSPS) is 13.1. The fourth-order valence-corrected chi connectivity index (χ4v) is 5.50. The first-order valence-electron chi connectivity index (χ1n) is 10.0. The van der Waals surface area contributed by atoms with Crippen molar-refractivity contribution in [2.75, 3.05) is 0 Å². The maximum absolute atomic E-state index is 6.27. The number of aromatic nitrogens is 2. The van der Waals surface area contributed by atoms with Crippen LogP contribution < -0.4 is 0 Å². The van der Waals surface area contributed by atoms with Gasteiger partial charge in [-0.25, -0.2) is 4.98 Å². The quantitative estimate of drug-likeness (QED) is 0.290. The van der Waals surface area contributed by atoms with Crippen LogP contribution in [0, 0.1) is 0 Å². The Kier molecular flexibility index (Phi) is 3.26. The number of imidazole rings is 1. The van der Waals surface area contributed by atoms with Crippen LogP contribution in [0.2, 0.25) is 0 Å². The van der Waals surface area contributed by atoms with E-state index in [0.29, 0.717) is 0 Å². The maximum atomic E-state index is 6.27. The van der Waals surface area contributed by atoms with Gasteiger partial charge in [0.25, 0.3) is 0 Å². The van der Waals surface area contributed by atoms with Crippen molar-refractivity contribution < 1.29 is 4.42 Å². The number of hydrogen-bond acceptors (Lipinski definition) is 3. The average Bonchev–Trinajstić information content (AvgIpc) is 3.37. The number of benzene rings is 4. The van der Waals surface area contributed by atoms with Crippen LogP contribution in [0.25, 0.3) is 49.8 Å². The van der Waals surface area contributed by atoms with E-state index in [1.54, 1.807) is 0 Å². The van der Waals surface area contributed by atoms with Gasteiger partial charge in [-0.05, 0) is 35.9 Å². The molecular weight excluding hydrogens is 388 g/mol. The van der Waals surface area contributed by atoms with Gasteiger partial charge in [-0.2, -0.15) is 0 Å². The van der Waals surface area contributed by atoms with Crippen LogP contribution in [0.3, 0.4) is 0 Å². The van der Waals surface area contributed by atoms with Crippen LogP contribution in [-0.2, 0) is 5.75 Å². The summed E-state index contributed by atoms with van der Waals surface area (Å²) in [7, 11) is 0. The average molecular weight is 404 g/mol. The van der Waals surface area contributed by atoms with E-state index in [1.807, 2.05) is 23.9 Å². The Morgan fingerprint density at radius 3 is 2.70 bits per heavy atom. The van der Waals surface area contributed by atoms with E-state index in [2.05, 4.69) is 77.4 Å². The Bertz CT molecular complexity index is 1610. The van der Waals surface area contributed by atoms with Crippen LogP contribution in [0.5, 0.6) is 0 Å². The van der Waals surface area contributed by atoms with E-state index >= 15 is 0 Å². The standard InChI is InChI=1S/C26H16N2OS/c1-3-10-23-18(6-1)19-8-5-7-17(26(19)29-23)16-12-13-20-22(14-16)28-21-9-2-4-11-24(21)30-15-25(28)27-20/h1-14H,15H2. The molecule has 0 amide bonds. The summed E-state index contributed by atoms with van der Waals surface area (Å²) in [5.74, 6) is 1.99. The zero-order valence-corrected chi connectivity index (χ0v) is 16.8. The van der Waals surface area contributed by atoms with Gasteiger partial charge in [0.1, 0.15) is 17.0 Å².